The fourth-order valence-electron chi connectivity index (χ4n) is 5.34. The lowest BCUT2D eigenvalue weighted by Crippen LogP contribution is -2.51. The van der Waals surface area contributed by atoms with Crippen LogP contribution in [0.4, 0.5) is 0 Å². The Morgan fingerprint density at radius 1 is 1.06 bits per heavy atom. The molecule has 0 saturated carbocycles. The maximum absolute atomic E-state index is 12.6. The van der Waals surface area contributed by atoms with Gasteiger partial charge in [0.15, 0.2) is 11.5 Å². The van der Waals surface area contributed by atoms with Gasteiger partial charge < -0.3 is 19.3 Å². The van der Waals surface area contributed by atoms with E-state index in [9.17, 15) is 4.79 Å². The molecule has 1 aliphatic heterocycles. The first-order chi connectivity index (χ1) is 15.8. The number of methoxy groups -OCH3 is 2. The van der Waals surface area contributed by atoms with Crippen molar-refractivity contribution in [2.24, 2.45) is 11.3 Å². The third kappa shape index (κ3) is 6.08. The van der Waals surface area contributed by atoms with Crippen LogP contribution in [-0.2, 0) is 17.8 Å². The summed E-state index contributed by atoms with van der Waals surface area (Å²) in [6.45, 7) is 8.79. The van der Waals surface area contributed by atoms with Crippen LogP contribution in [0.1, 0.15) is 44.7 Å². The van der Waals surface area contributed by atoms with Crippen molar-refractivity contribution in [2.75, 3.05) is 34.4 Å². The van der Waals surface area contributed by atoms with Crippen molar-refractivity contribution in [1.29, 1.82) is 0 Å². The zero-order valence-electron chi connectivity index (χ0n) is 21.1. The van der Waals surface area contributed by atoms with E-state index >= 15 is 0 Å². The number of nitrogens with zero attached hydrogens (tertiary/aromatic N) is 2. The Morgan fingerprint density at radius 2 is 1.76 bits per heavy atom. The number of piperidine rings is 1. The molecule has 1 amide bonds. The van der Waals surface area contributed by atoms with Crippen molar-refractivity contribution in [3.63, 3.8) is 0 Å². The van der Waals surface area contributed by atoms with Gasteiger partial charge in [0.1, 0.15) is 0 Å². The van der Waals surface area contributed by atoms with Gasteiger partial charge in [0, 0.05) is 32.6 Å². The largest absolute Gasteiger partial charge is 0.493 e. The third-order valence-electron chi connectivity index (χ3n) is 7.61. The predicted molar refractivity (Wildman–Crippen MR) is 134 cm³/mol. The Hall–Kier alpha value is -2.53. The summed E-state index contributed by atoms with van der Waals surface area (Å²) in [5.41, 5.74) is 2.60. The van der Waals surface area contributed by atoms with Crippen LogP contribution in [0.2, 0.25) is 0 Å². The zero-order chi connectivity index (χ0) is 24.0. The molecule has 5 heteroatoms. The topological polar surface area (TPSA) is 42.0 Å². The first-order valence-corrected chi connectivity index (χ1v) is 12.0. The molecule has 180 valence electrons. The Bertz CT molecular complexity index is 917. The summed E-state index contributed by atoms with van der Waals surface area (Å²) in [6, 6.07) is 17.2. The van der Waals surface area contributed by atoms with Crippen LogP contribution in [0, 0.1) is 11.3 Å². The molecule has 1 saturated heterocycles. The molecule has 1 heterocycles. The monoisotopic (exact) mass is 452 g/mol. The van der Waals surface area contributed by atoms with Crippen molar-refractivity contribution in [2.45, 2.75) is 52.6 Å². The maximum Gasteiger partial charge on any atom is 0.219 e. The fourth-order valence-corrected chi connectivity index (χ4v) is 5.34. The number of carbonyl (C=O) groups excluding carboxylic acids is 1. The second-order valence-electron chi connectivity index (χ2n) is 9.80. The third-order valence-corrected chi connectivity index (χ3v) is 7.61. The maximum atomic E-state index is 12.6. The van der Waals surface area contributed by atoms with Gasteiger partial charge in [-0.15, -0.1) is 0 Å². The van der Waals surface area contributed by atoms with Crippen molar-refractivity contribution in [3.8, 4) is 11.5 Å². The minimum absolute atomic E-state index is 0.105. The molecular weight excluding hydrogens is 412 g/mol. The van der Waals surface area contributed by atoms with Crippen molar-refractivity contribution < 1.29 is 14.3 Å². The summed E-state index contributed by atoms with van der Waals surface area (Å²) < 4.78 is 10.8. The lowest BCUT2D eigenvalue weighted by Gasteiger charge is -2.50. The van der Waals surface area contributed by atoms with E-state index in [1.807, 2.05) is 23.1 Å². The van der Waals surface area contributed by atoms with Gasteiger partial charge in [0.2, 0.25) is 5.91 Å². The lowest BCUT2D eigenvalue weighted by atomic mass is 9.63. The highest BCUT2D eigenvalue weighted by Crippen LogP contribution is 2.44. The van der Waals surface area contributed by atoms with Crippen LogP contribution in [0.5, 0.6) is 11.5 Å². The van der Waals surface area contributed by atoms with E-state index in [-0.39, 0.29) is 11.3 Å². The highest BCUT2D eigenvalue weighted by molar-refractivity contribution is 5.73. The highest BCUT2D eigenvalue weighted by atomic mass is 16.5. The van der Waals surface area contributed by atoms with E-state index in [0.29, 0.717) is 30.0 Å². The first kappa shape index (κ1) is 25.1. The summed E-state index contributed by atoms with van der Waals surface area (Å²) in [6.07, 6.45) is 3.19. The summed E-state index contributed by atoms with van der Waals surface area (Å²) in [5, 5.41) is 0. The van der Waals surface area contributed by atoms with Crippen molar-refractivity contribution in [3.05, 3.63) is 59.7 Å². The molecule has 0 unspecified atom stereocenters. The quantitative estimate of drug-likeness (QED) is 0.535. The summed E-state index contributed by atoms with van der Waals surface area (Å²) in [5.74, 6) is 2.05. The normalized spacial score (nSPS) is 23.2. The number of carbonyl (C=O) groups is 1. The lowest BCUT2D eigenvalue weighted by molar-refractivity contribution is -0.130. The van der Waals surface area contributed by atoms with Crippen LogP contribution in [0.15, 0.2) is 48.5 Å². The van der Waals surface area contributed by atoms with Gasteiger partial charge in [-0.25, -0.2) is 0 Å². The molecule has 2 aromatic rings. The second kappa shape index (κ2) is 11.1. The molecule has 0 radical (unpaired) electrons. The van der Waals surface area contributed by atoms with E-state index in [1.54, 1.807) is 21.1 Å². The molecule has 0 aromatic heterocycles. The Kier molecular flexibility index (Phi) is 8.41. The number of ether oxygens (including phenoxy) is 2. The van der Waals surface area contributed by atoms with E-state index in [1.165, 1.54) is 5.56 Å². The van der Waals surface area contributed by atoms with Crippen LogP contribution in [0.25, 0.3) is 0 Å². The Balaban J connectivity index is 1.80. The standard InChI is InChI=1S/C28H40N2O3/c1-21-19-29(4)22(2)17-28(21,18-24-10-8-7-9-11-24)14-15-30(23(3)31)20-25-12-13-26(32-5)27(16-25)33-6/h7-13,16,21-22H,14-15,17-20H2,1-6H3/t21-,22+,28+/m1/s1. The van der Waals surface area contributed by atoms with E-state index in [0.717, 1.165) is 37.9 Å². The molecule has 5 nitrogen and oxygen atoms in total. The summed E-state index contributed by atoms with van der Waals surface area (Å²) in [7, 11) is 5.50. The molecule has 0 bridgehead atoms. The Morgan fingerprint density at radius 3 is 2.39 bits per heavy atom. The summed E-state index contributed by atoms with van der Waals surface area (Å²) in [4.78, 5) is 17.1. The number of hydrogen-bond donors (Lipinski definition) is 0. The van der Waals surface area contributed by atoms with Gasteiger partial charge in [-0.3, -0.25) is 4.79 Å². The van der Waals surface area contributed by atoms with Gasteiger partial charge in [0.25, 0.3) is 0 Å². The molecule has 0 aliphatic carbocycles. The Labute approximate surface area is 199 Å². The molecule has 1 fully saturated rings. The highest BCUT2D eigenvalue weighted by Gasteiger charge is 2.42. The van der Waals surface area contributed by atoms with Gasteiger partial charge in [-0.1, -0.05) is 43.3 Å². The second-order valence-corrected chi connectivity index (χ2v) is 9.80. The smallest absolute Gasteiger partial charge is 0.219 e. The van der Waals surface area contributed by atoms with Crippen LogP contribution in [0.3, 0.4) is 0 Å². The number of benzene rings is 2. The van der Waals surface area contributed by atoms with Crippen LogP contribution >= 0.6 is 0 Å². The molecule has 2 aromatic carbocycles. The predicted octanol–water partition coefficient (Wildman–Crippen LogP) is 5.03. The van der Waals surface area contributed by atoms with Gasteiger partial charge in [-0.2, -0.15) is 0 Å². The van der Waals surface area contributed by atoms with E-state index < -0.39 is 0 Å². The zero-order valence-corrected chi connectivity index (χ0v) is 21.1. The molecular formula is C28H40N2O3. The van der Waals surface area contributed by atoms with E-state index in [2.05, 4.69) is 56.1 Å². The number of rotatable bonds is 9. The van der Waals surface area contributed by atoms with Crippen molar-refractivity contribution >= 4 is 5.91 Å². The van der Waals surface area contributed by atoms with E-state index in [4.69, 9.17) is 9.47 Å². The SMILES string of the molecule is COc1ccc(CN(CC[C@@]2(Cc3ccccc3)C[C@H](C)N(C)C[C@H]2C)C(C)=O)cc1OC. The molecule has 33 heavy (non-hydrogen) atoms. The first-order valence-electron chi connectivity index (χ1n) is 12.0. The number of likely N-dealkylation sites (tertiary alicyclic amines) is 1. The molecule has 0 spiro atoms. The minimum atomic E-state index is 0.105. The summed E-state index contributed by atoms with van der Waals surface area (Å²) >= 11 is 0. The van der Waals surface area contributed by atoms with Crippen LogP contribution in [-0.4, -0.2) is 56.1 Å². The van der Waals surface area contributed by atoms with Gasteiger partial charge in [0.05, 0.1) is 14.2 Å². The average Bonchev–Trinajstić information content (AvgIpc) is 2.80. The van der Waals surface area contributed by atoms with Gasteiger partial charge >= 0.3 is 0 Å². The van der Waals surface area contributed by atoms with Crippen LogP contribution < -0.4 is 9.47 Å². The minimum Gasteiger partial charge on any atom is -0.493 e. The molecule has 3 atom stereocenters. The van der Waals surface area contributed by atoms with Crippen molar-refractivity contribution in [1.82, 2.24) is 9.80 Å². The fraction of sp³-hybridized carbons (Fsp3) is 0.536. The average molecular weight is 453 g/mol. The number of hydrogen-bond acceptors (Lipinski definition) is 4. The van der Waals surface area contributed by atoms with Gasteiger partial charge in [-0.05, 0) is 67.8 Å². The molecule has 1 aliphatic rings. The number of amides is 1. The molecule has 3 rings (SSSR count). The molecule has 0 N–H and O–H groups in total.